The Balaban J connectivity index is 1.93. The van der Waals surface area contributed by atoms with Crippen LogP contribution >= 0.6 is 0 Å². The minimum absolute atomic E-state index is 0.0523. The first-order chi connectivity index (χ1) is 11.0. The van der Waals surface area contributed by atoms with Crippen LogP contribution in [0, 0.1) is 5.92 Å². The minimum Gasteiger partial charge on any atom is -0.508 e. The lowest BCUT2D eigenvalue weighted by molar-refractivity contribution is 0.201. The van der Waals surface area contributed by atoms with Gasteiger partial charge in [-0.25, -0.2) is 0 Å². The molecule has 2 nitrogen and oxygen atoms in total. The van der Waals surface area contributed by atoms with Crippen LogP contribution in [0.15, 0.2) is 48.5 Å². The molecule has 0 aromatic heterocycles. The fraction of sp³-hybridized carbons (Fsp3) is 0.429. The van der Waals surface area contributed by atoms with Crippen molar-refractivity contribution < 1.29 is 10.2 Å². The second-order valence-electron chi connectivity index (χ2n) is 7.36. The lowest BCUT2D eigenvalue weighted by Crippen LogP contribution is -2.35. The lowest BCUT2D eigenvalue weighted by Gasteiger charge is -2.43. The quantitative estimate of drug-likeness (QED) is 0.802. The number of rotatable bonds is 3. The first kappa shape index (κ1) is 15.9. The van der Waals surface area contributed by atoms with Crippen LogP contribution in [-0.2, 0) is 5.41 Å². The number of aromatic hydroxyl groups is 2. The Morgan fingerprint density at radius 2 is 1.30 bits per heavy atom. The highest BCUT2D eigenvalue weighted by Crippen LogP contribution is 2.48. The van der Waals surface area contributed by atoms with Crippen molar-refractivity contribution in [1.29, 1.82) is 0 Å². The Morgan fingerprint density at radius 1 is 0.783 bits per heavy atom. The normalized spacial score (nSPS) is 22.0. The molecule has 0 heterocycles. The van der Waals surface area contributed by atoms with Crippen LogP contribution in [0.3, 0.4) is 0 Å². The van der Waals surface area contributed by atoms with Gasteiger partial charge in [0.2, 0.25) is 0 Å². The largest absolute Gasteiger partial charge is 0.508 e. The van der Waals surface area contributed by atoms with Crippen molar-refractivity contribution in [3.63, 3.8) is 0 Å². The molecule has 2 heteroatoms. The average molecular weight is 310 g/mol. The van der Waals surface area contributed by atoms with E-state index in [9.17, 15) is 10.2 Å². The van der Waals surface area contributed by atoms with Crippen molar-refractivity contribution in [2.45, 2.75) is 50.9 Å². The summed E-state index contributed by atoms with van der Waals surface area (Å²) >= 11 is 0. The predicted molar refractivity (Wildman–Crippen MR) is 93.9 cm³/mol. The SMILES string of the molecule is CC(C)(c1ccc(O)cc1)C1CCCCC1c1ccc(O)cc1. The highest BCUT2D eigenvalue weighted by atomic mass is 16.3. The molecule has 2 unspecified atom stereocenters. The topological polar surface area (TPSA) is 40.5 Å². The summed E-state index contributed by atoms with van der Waals surface area (Å²) in [5.74, 6) is 1.74. The molecule has 0 bridgehead atoms. The zero-order chi connectivity index (χ0) is 16.4. The number of phenolic OH excluding ortho intramolecular Hbond substituents is 2. The van der Waals surface area contributed by atoms with Gasteiger partial charge in [-0.3, -0.25) is 0 Å². The fourth-order valence-electron chi connectivity index (χ4n) is 4.22. The van der Waals surface area contributed by atoms with Gasteiger partial charge in [0.1, 0.15) is 11.5 Å². The highest BCUT2D eigenvalue weighted by Gasteiger charge is 2.38. The Bertz CT molecular complexity index is 641. The smallest absolute Gasteiger partial charge is 0.115 e. The van der Waals surface area contributed by atoms with Gasteiger partial charge in [0, 0.05) is 0 Å². The zero-order valence-corrected chi connectivity index (χ0v) is 14.0. The lowest BCUT2D eigenvalue weighted by atomic mass is 9.61. The molecule has 0 radical (unpaired) electrons. The van der Waals surface area contributed by atoms with Crippen LogP contribution in [0.2, 0.25) is 0 Å². The maximum absolute atomic E-state index is 9.57. The van der Waals surface area contributed by atoms with E-state index in [0.717, 1.165) is 0 Å². The summed E-state index contributed by atoms with van der Waals surface area (Å²) in [5, 5.41) is 19.1. The van der Waals surface area contributed by atoms with Gasteiger partial charge < -0.3 is 10.2 Å². The first-order valence-corrected chi connectivity index (χ1v) is 8.57. The fourth-order valence-corrected chi connectivity index (χ4v) is 4.22. The molecular weight excluding hydrogens is 284 g/mol. The second-order valence-corrected chi connectivity index (χ2v) is 7.36. The minimum atomic E-state index is 0.0523. The molecule has 122 valence electrons. The van der Waals surface area contributed by atoms with Crippen molar-refractivity contribution in [3.8, 4) is 11.5 Å². The van der Waals surface area contributed by atoms with Crippen LogP contribution in [-0.4, -0.2) is 10.2 Å². The number of hydrogen-bond acceptors (Lipinski definition) is 2. The molecule has 23 heavy (non-hydrogen) atoms. The molecule has 1 aliphatic rings. The summed E-state index contributed by atoms with van der Waals surface area (Å²) in [6.07, 6.45) is 4.98. The van der Waals surface area contributed by atoms with Gasteiger partial charge >= 0.3 is 0 Å². The molecule has 1 saturated carbocycles. The maximum atomic E-state index is 9.57. The number of hydrogen-bond donors (Lipinski definition) is 2. The van der Waals surface area contributed by atoms with Crippen LogP contribution in [0.25, 0.3) is 0 Å². The van der Waals surface area contributed by atoms with Crippen LogP contribution in [0.5, 0.6) is 11.5 Å². The van der Waals surface area contributed by atoms with Crippen LogP contribution in [0.4, 0.5) is 0 Å². The van der Waals surface area contributed by atoms with E-state index >= 15 is 0 Å². The number of benzene rings is 2. The molecule has 2 aromatic carbocycles. The first-order valence-electron chi connectivity index (χ1n) is 8.57. The van der Waals surface area contributed by atoms with Gasteiger partial charge in [-0.2, -0.15) is 0 Å². The third-order valence-corrected chi connectivity index (χ3v) is 5.63. The van der Waals surface area contributed by atoms with Crippen LogP contribution in [0.1, 0.15) is 56.6 Å². The summed E-state index contributed by atoms with van der Waals surface area (Å²) < 4.78 is 0. The third-order valence-electron chi connectivity index (χ3n) is 5.63. The summed E-state index contributed by atoms with van der Waals surface area (Å²) in [7, 11) is 0. The third kappa shape index (κ3) is 3.21. The highest BCUT2D eigenvalue weighted by molar-refractivity contribution is 5.34. The van der Waals surface area contributed by atoms with Gasteiger partial charge in [0.15, 0.2) is 0 Å². The molecule has 2 N–H and O–H groups in total. The molecule has 1 fully saturated rings. The number of phenols is 2. The molecule has 3 rings (SSSR count). The zero-order valence-electron chi connectivity index (χ0n) is 14.0. The van der Waals surface area contributed by atoms with Gasteiger partial charge in [-0.05, 0) is 65.5 Å². The standard InChI is InChI=1S/C21H26O2/c1-21(2,16-9-13-18(23)14-10-16)20-6-4-3-5-19(20)15-7-11-17(22)12-8-15/h7-14,19-20,22-23H,3-6H2,1-2H3. The Hall–Kier alpha value is -1.96. The molecule has 2 aromatic rings. The van der Waals surface area contributed by atoms with E-state index in [1.165, 1.54) is 36.8 Å². The van der Waals surface area contributed by atoms with E-state index < -0.39 is 0 Å². The molecular formula is C21H26O2. The average Bonchev–Trinajstić information content (AvgIpc) is 2.56. The van der Waals surface area contributed by atoms with Crippen LogP contribution < -0.4 is 0 Å². The molecule has 0 spiro atoms. The molecule has 1 aliphatic carbocycles. The molecule has 0 saturated heterocycles. The van der Waals surface area contributed by atoms with E-state index in [2.05, 4.69) is 38.1 Å². The second kappa shape index (κ2) is 6.27. The van der Waals surface area contributed by atoms with Crippen molar-refractivity contribution >= 4 is 0 Å². The Kier molecular flexibility index (Phi) is 4.34. The maximum Gasteiger partial charge on any atom is 0.115 e. The van der Waals surface area contributed by atoms with Gasteiger partial charge in [-0.1, -0.05) is 51.0 Å². The predicted octanol–water partition coefficient (Wildman–Crippen LogP) is 5.35. The van der Waals surface area contributed by atoms with Crippen molar-refractivity contribution in [1.82, 2.24) is 0 Å². The van der Waals surface area contributed by atoms with Crippen molar-refractivity contribution in [2.24, 2.45) is 5.92 Å². The summed E-state index contributed by atoms with van der Waals surface area (Å²) in [6, 6.07) is 15.4. The van der Waals surface area contributed by atoms with E-state index in [1.807, 2.05) is 0 Å². The summed E-state index contributed by atoms with van der Waals surface area (Å²) in [5.41, 5.74) is 2.67. The monoisotopic (exact) mass is 310 g/mol. The van der Waals surface area contributed by atoms with Crippen molar-refractivity contribution in [2.75, 3.05) is 0 Å². The Labute approximate surface area is 138 Å². The van der Waals surface area contributed by atoms with Gasteiger partial charge in [0.05, 0.1) is 0 Å². The van der Waals surface area contributed by atoms with Crippen molar-refractivity contribution in [3.05, 3.63) is 59.7 Å². The van der Waals surface area contributed by atoms with Gasteiger partial charge in [-0.15, -0.1) is 0 Å². The van der Waals surface area contributed by atoms with E-state index in [4.69, 9.17) is 0 Å². The van der Waals surface area contributed by atoms with Gasteiger partial charge in [0.25, 0.3) is 0 Å². The summed E-state index contributed by atoms with van der Waals surface area (Å²) in [4.78, 5) is 0. The van der Waals surface area contributed by atoms with E-state index in [1.54, 1.807) is 24.3 Å². The molecule has 0 amide bonds. The summed E-state index contributed by atoms with van der Waals surface area (Å²) in [6.45, 7) is 4.64. The molecule has 0 aliphatic heterocycles. The molecule has 2 atom stereocenters. The van der Waals surface area contributed by atoms with E-state index in [-0.39, 0.29) is 5.41 Å². The van der Waals surface area contributed by atoms with E-state index in [0.29, 0.717) is 23.3 Å². The Morgan fingerprint density at radius 3 is 1.91 bits per heavy atom.